The highest BCUT2D eigenvalue weighted by atomic mass is 35.5. The molecule has 2 heterocycles. The summed E-state index contributed by atoms with van der Waals surface area (Å²) in [6.45, 7) is 1.93. The molecule has 176 valence electrons. The van der Waals surface area contributed by atoms with Crippen molar-refractivity contribution in [2.45, 2.75) is 19.6 Å². The minimum atomic E-state index is -0.976. The van der Waals surface area contributed by atoms with Gasteiger partial charge in [0.1, 0.15) is 18.5 Å². The van der Waals surface area contributed by atoms with E-state index in [9.17, 15) is 14.7 Å². The van der Waals surface area contributed by atoms with E-state index in [0.717, 1.165) is 11.1 Å². The van der Waals surface area contributed by atoms with Crippen molar-refractivity contribution in [3.8, 4) is 5.75 Å². The molecular formula is C23H23ClN6O4. The summed E-state index contributed by atoms with van der Waals surface area (Å²) in [5.74, 6) is 0.799. The van der Waals surface area contributed by atoms with Crippen LogP contribution in [0.1, 0.15) is 11.1 Å². The SMILES string of the molecule is Cc1ccc(OCC(O)Cn2c(NN=Cc3ccc(Cl)cc3)nc3c2c(=O)[nH]c(=O)n3C)cc1. The third-order valence-electron chi connectivity index (χ3n) is 5.11. The number of aromatic nitrogens is 4. The maximum absolute atomic E-state index is 12.6. The van der Waals surface area contributed by atoms with Gasteiger partial charge >= 0.3 is 5.69 Å². The van der Waals surface area contributed by atoms with Crippen molar-refractivity contribution >= 4 is 34.9 Å². The Balaban J connectivity index is 1.60. The van der Waals surface area contributed by atoms with Crippen LogP contribution >= 0.6 is 11.6 Å². The number of fused-ring (bicyclic) bond motifs is 1. The Morgan fingerprint density at radius 3 is 2.62 bits per heavy atom. The van der Waals surface area contributed by atoms with Crippen LogP contribution < -0.4 is 21.4 Å². The largest absolute Gasteiger partial charge is 0.491 e. The molecule has 0 fully saturated rings. The van der Waals surface area contributed by atoms with E-state index < -0.39 is 17.4 Å². The number of imidazole rings is 1. The maximum atomic E-state index is 12.6. The Kier molecular flexibility index (Phi) is 6.80. The number of hydrogen-bond donors (Lipinski definition) is 3. The van der Waals surface area contributed by atoms with Crippen LogP contribution in [0.2, 0.25) is 5.02 Å². The molecule has 10 nitrogen and oxygen atoms in total. The molecule has 11 heteroatoms. The molecule has 0 bridgehead atoms. The lowest BCUT2D eigenvalue weighted by atomic mass is 10.2. The van der Waals surface area contributed by atoms with Crippen LogP contribution in [0.25, 0.3) is 11.2 Å². The fourth-order valence-corrected chi connectivity index (χ4v) is 3.43. The molecule has 4 aromatic rings. The zero-order valence-corrected chi connectivity index (χ0v) is 19.3. The van der Waals surface area contributed by atoms with Crippen molar-refractivity contribution in [3.63, 3.8) is 0 Å². The molecule has 0 aliphatic rings. The van der Waals surface area contributed by atoms with E-state index in [1.807, 2.05) is 31.2 Å². The summed E-state index contributed by atoms with van der Waals surface area (Å²) in [5, 5.41) is 15.4. The molecule has 4 rings (SSSR count). The molecule has 1 atom stereocenters. The number of nitrogens with zero attached hydrogens (tertiary/aromatic N) is 4. The number of aliphatic hydroxyl groups excluding tert-OH is 1. The predicted molar refractivity (Wildman–Crippen MR) is 131 cm³/mol. The smallest absolute Gasteiger partial charge is 0.329 e. The fourth-order valence-electron chi connectivity index (χ4n) is 3.30. The first-order chi connectivity index (χ1) is 16.3. The van der Waals surface area contributed by atoms with Gasteiger partial charge in [-0.25, -0.2) is 10.2 Å². The van der Waals surface area contributed by atoms with Crippen molar-refractivity contribution in [1.29, 1.82) is 0 Å². The number of rotatable bonds is 8. The van der Waals surface area contributed by atoms with E-state index in [2.05, 4.69) is 20.5 Å². The first-order valence-corrected chi connectivity index (χ1v) is 10.8. The number of ether oxygens (including phenoxy) is 1. The summed E-state index contributed by atoms with van der Waals surface area (Å²) in [7, 11) is 1.50. The van der Waals surface area contributed by atoms with Gasteiger partial charge in [0.05, 0.1) is 12.8 Å². The Labute approximate surface area is 199 Å². The fraction of sp³-hybridized carbons (Fsp3) is 0.217. The summed E-state index contributed by atoms with van der Waals surface area (Å²) < 4.78 is 8.35. The average Bonchev–Trinajstić information content (AvgIpc) is 3.17. The van der Waals surface area contributed by atoms with Gasteiger partial charge in [0, 0.05) is 12.1 Å². The molecule has 0 radical (unpaired) electrons. The number of halogens is 1. The van der Waals surface area contributed by atoms with E-state index in [-0.39, 0.29) is 30.3 Å². The van der Waals surface area contributed by atoms with Crippen LogP contribution in [-0.4, -0.2) is 43.1 Å². The first kappa shape index (κ1) is 23.3. The number of H-pyrrole nitrogens is 1. The Bertz CT molecular complexity index is 1440. The van der Waals surface area contributed by atoms with Crippen LogP contribution in [0.3, 0.4) is 0 Å². The number of anilines is 1. The van der Waals surface area contributed by atoms with Gasteiger partial charge in [0.2, 0.25) is 5.95 Å². The zero-order valence-electron chi connectivity index (χ0n) is 18.5. The van der Waals surface area contributed by atoms with Crippen LogP contribution in [0, 0.1) is 6.92 Å². The molecule has 34 heavy (non-hydrogen) atoms. The molecule has 2 aromatic carbocycles. The first-order valence-electron chi connectivity index (χ1n) is 10.4. The molecule has 0 saturated carbocycles. The van der Waals surface area contributed by atoms with Crippen molar-refractivity contribution < 1.29 is 9.84 Å². The number of benzene rings is 2. The van der Waals surface area contributed by atoms with Crippen molar-refractivity contribution in [2.75, 3.05) is 12.0 Å². The van der Waals surface area contributed by atoms with E-state index in [4.69, 9.17) is 16.3 Å². The molecule has 2 aromatic heterocycles. The van der Waals surface area contributed by atoms with Crippen LogP contribution in [0.4, 0.5) is 5.95 Å². The lowest BCUT2D eigenvalue weighted by Gasteiger charge is -2.15. The Hall–Kier alpha value is -3.89. The van der Waals surface area contributed by atoms with Gasteiger partial charge in [0.15, 0.2) is 11.2 Å². The average molecular weight is 483 g/mol. The summed E-state index contributed by atoms with van der Waals surface area (Å²) in [6.07, 6.45) is 0.580. The van der Waals surface area contributed by atoms with Crippen molar-refractivity contribution in [2.24, 2.45) is 12.1 Å². The summed E-state index contributed by atoms with van der Waals surface area (Å²) in [4.78, 5) is 31.2. The topological polar surface area (TPSA) is 127 Å². The minimum Gasteiger partial charge on any atom is -0.491 e. The quantitative estimate of drug-likeness (QED) is 0.261. The van der Waals surface area contributed by atoms with E-state index in [0.29, 0.717) is 10.8 Å². The standard InChI is InChI=1S/C23H23ClN6O4/c1-14-3-9-18(10-4-14)34-13-17(31)12-30-19-20(29(2)23(33)27-21(19)32)26-22(30)28-25-11-15-5-7-16(24)8-6-15/h3-11,17,31H,12-13H2,1-2H3,(H,26,28)(H,27,32,33). The molecule has 1 unspecified atom stereocenters. The summed E-state index contributed by atoms with van der Waals surface area (Å²) in [6, 6.07) is 14.5. The van der Waals surface area contributed by atoms with Gasteiger partial charge in [0.25, 0.3) is 5.56 Å². The molecule has 3 N–H and O–H groups in total. The predicted octanol–water partition coefficient (Wildman–Crippen LogP) is 2.27. The van der Waals surface area contributed by atoms with Gasteiger partial charge in [-0.15, -0.1) is 0 Å². The summed E-state index contributed by atoms with van der Waals surface area (Å²) >= 11 is 5.90. The number of aryl methyl sites for hydroxylation is 2. The molecule has 0 aliphatic carbocycles. The third-order valence-corrected chi connectivity index (χ3v) is 5.36. The lowest BCUT2D eigenvalue weighted by Crippen LogP contribution is -2.30. The van der Waals surface area contributed by atoms with Crippen LogP contribution in [-0.2, 0) is 13.6 Å². The van der Waals surface area contributed by atoms with Gasteiger partial charge in [-0.3, -0.25) is 14.3 Å². The number of aliphatic hydroxyl groups is 1. The number of nitrogens with one attached hydrogen (secondary N) is 2. The molecule has 0 saturated heterocycles. The van der Waals surface area contributed by atoms with E-state index in [1.165, 1.54) is 16.2 Å². The molecular weight excluding hydrogens is 460 g/mol. The normalized spacial score (nSPS) is 12.4. The highest BCUT2D eigenvalue weighted by Gasteiger charge is 2.20. The number of hydrogen-bond acceptors (Lipinski definition) is 7. The number of hydrazone groups is 1. The Morgan fingerprint density at radius 1 is 1.21 bits per heavy atom. The second kappa shape index (κ2) is 9.94. The monoisotopic (exact) mass is 482 g/mol. The van der Waals surface area contributed by atoms with Gasteiger partial charge in [-0.2, -0.15) is 10.1 Å². The van der Waals surface area contributed by atoms with Crippen molar-refractivity contribution in [1.82, 2.24) is 19.1 Å². The Morgan fingerprint density at radius 2 is 1.91 bits per heavy atom. The minimum absolute atomic E-state index is 0.0140. The second-order valence-corrected chi connectivity index (χ2v) is 8.17. The highest BCUT2D eigenvalue weighted by Crippen LogP contribution is 2.17. The van der Waals surface area contributed by atoms with E-state index >= 15 is 0 Å². The molecule has 0 aliphatic heterocycles. The van der Waals surface area contributed by atoms with Gasteiger partial charge < -0.3 is 14.4 Å². The second-order valence-electron chi connectivity index (χ2n) is 7.74. The van der Waals surface area contributed by atoms with Gasteiger partial charge in [-0.1, -0.05) is 41.4 Å². The number of aromatic amines is 1. The van der Waals surface area contributed by atoms with Crippen LogP contribution in [0.15, 0.2) is 63.2 Å². The molecule has 0 spiro atoms. The third kappa shape index (κ3) is 5.19. The van der Waals surface area contributed by atoms with Crippen LogP contribution in [0.5, 0.6) is 5.75 Å². The maximum Gasteiger partial charge on any atom is 0.329 e. The van der Waals surface area contributed by atoms with Crippen molar-refractivity contribution in [3.05, 3.63) is 85.5 Å². The summed E-state index contributed by atoms with van der Waals surface area (Å²) in [5.41, 5.74) is 3.74. The lowest BCUT2D eigenvalue weighted by molar-refractivity contribution is 0.0938. The zero-order chi connectivity index (χ0) is 24.2. The van der Waals surface area contributed by atoms with E-state index in [1.54, 1.807) is 30.5 Å². The highest BCUT2D eigenvalue weighted by molar-refractivity contribution is 6.30. The van der Waals surface area contributed by atoms with Gasteiger partial charge in [-0.05, 0) is 36.8 Å². The molecule has 0 amide bonds.